The van der Waals surface area contributed by atoms with Crippen molar-refractivity contribution < 1.29 is 14.4 Å². The molecule has 7 heteroatoms. The van der Waals surface area contributed by atoms with Crippen LogP contribution in [0.25, 0.3) is 0 Å². The molecule has 0 spiro atoms. The topological polar surface area (TPSA) is 82.1 Å². The Hall–Kier alpha value is -3.48. The van der Waals surface area contributed by atoms with Crippen molar-refractivity contribution >= 4 is 41.1 Å². The number of nitrogens with one attached hydrogen (secondary N) is 1. The van der Waals surface area contributed by atoms with Crippen molar-refractivity contribution in [2.75, 3.05) is 23.9 Å². The molecule has 138 valence electrons. The summed E-state index contributed by atoms with van der Waals surface area (Å²) in [5.74, 6) is -2.47. The van der Waals surface area contributed by atoms with Crippen molar-refractivity contribution in [1.29, 1.82) is 0 Å². The van der Waals surface area contributed by atoms with Gasteiger partial charge in [-0.2, -0.15) is 0 Å². The fourth-order valence-electron chi connectivity index (χ4n) is 2.73. The van der Waals surface area contributed by atoms with Crippen LogP contribution < -0.4 is 15.1 Å². The van der Waals surface area contributed by atoms with Crippen molar-refractivity contribution in [2.45, 2.75) is 6.92 Å². The molecular weight excluding hydrogens is 344 g/mol. The van der Waals surface area contributed by atoms with Crippen LogP contribution in [-0.4, -0.2) is 38.2 Å². The van der Waals surface area contributed by atoms with Gasteiger partial charge in [-0.25, -0.2) is 9.69 Å². The van der Waals surface area contributed by atoms with Gasteiger partial charge in [0.2, 0.25) is 5.91 Å². The molecule has 2 aromatic rings. The van der Waals surface area contributed by atoms with Crippen LogP contribution >= 0.6 is 0 Å². The molecule has 0 aliphatic carbocycles. The Kier molecular flexibility index (Phi) is 5.03. The second-order valence-corrected chi connectivity index (χ2v) is 6.47. The zero-order chi connectivity index (χ0) is 19.6. The quantitative estimate of drug-likeness (QED) is 0.668. The summed E-state index contributed by atoms with van der Waals surface area (Å²) in [5.41, 5.74) is 2.94. The molecule has 2 aromatic carbocycles. The van der Waals surface area contributed by atoms with Gasteiger partial charge in [-0.1, -0.05) is 12.1 Å². The molecule has 1 N–H and O–H groups in total. The van der Waals surface area contributed by atoms with E-state index < -0.39 is 23.8 Å². The van der Waals surface area contributed by atoms with Crippen LogP contribution in [0.15, 0.2) is 53.5 Å². The van der Waals surface area contributed by atoms with Crippen molar-refractivity contribution in [3.63, 3.8) is 0 Å². The third-order valence-electron chi connectivity index (χ3n) is 4.20. The third kappa shape index (κ3) is 3.87. The van der Waals surface area contributed by atoms with E-state index in [4.69, 9.17) is 0 Å². The van der Waals surface area contributed by atoms with Crippen molar-refractivity contribution in [3.05, 3.63) is 54.1 Å². The van der Waals surface area contributed by atoms with Gasteiger partial charge < -0.3 is 4.90 Å². The smallest absolute Gasteiger partial charge is 0.335 e. The summed E-state index contributed by atoms with van der Waals surface area (Å²) in [6.07, 6.45) is 1.28. The monoisotopic (exact) mass is 364 g/mol. The average molecular weight is 364 g/mol. The molecule has 1 aliphatic heterocycles. The molecule has 1 aliphatic rings. The van der Waals surface area contributed by atoms with Gasteiger partial charge in [0.15, 0.2) is 5.92 Å². The van der Waals surface area contributed by atoms with Crippen LogP contribution in [0, 0.1) is 12.8 Å². The number of hydrogen-bond donors (Lipinski definition) is 1. The van der Waals surface area contributed by atoms with Gasteiger partial charge >= 0.3 is 6.03 Å². The van der Waals surface area contributed by atoms with E-state index >= 15 is 0 Å². The molecule has 7 nitrogen and oxygen atoms in total. The highest BCUT2D eigenvalue weighted by Crippen LogP contribution is 2.22. The minimum Gasteiger partial charge on any atom is -0.378 e. The van der Waals surface area contributed by atoms with E-state index in [0.29, 0.717) is 11.4 Å². The Morgan fingerprint density at radius 1 is 1.07 bits per heavy atom. The zero-order valence-electron chi connectivity index (χ0n) is 15.3. The van der Waals surface area contributed by atoms with Crippen LogP contribution in [-0.2, 0) is 9.59 Å². The lowest BCUT2D eigenvalue weighted by Gasteiger charge is -2.28. The lowest BCUT2D eigenvalue weighted by Crippen LogP contribution is -2.58. The fourth-order valence-corrected chi connectivity index (χ4v) is 2.73. The van der Waals surface area contributed by atoms with E-state index in [9.17, 15) is 14.4 Å². The second-order valence-electron chi connectivity index (χ2n) is 6.47. The van der Waals surface area contributed by atoms with E-state index in [-0.39, 0.29) is 0 Å². The summed E-state index contributed by atoms with van der Waals surface area (Å²) >= 11 is 0. The number of urea groups is 1. The predicted octanol–water partition coefficient (Wildman–Crippen LogP) is 2.66. The summed E-state index contributed by atoms with van der Waals surface area (Å²) in [6, 6.07) is 13.6. The van der Waals surface area contributed by atoms with Crippen LogP contribution in [0.3, 0.4) is 0 Å². The molecule has 1 atom stereocenters. The van der Waals surface area contributed by atoms with Crippen molar-refractivity contribution in [3.8, 4) is 0 Å². The summed E-state index contributed by atoms with van der Waals surface area (Å²) in [4.78, 5) is 44.3. The number of aryl methyl sites for hydroxylation is 1. The molecule has 4 amide bonds. The molecule has 0 aromatic heterocycles. The number of benzene rings is 2. The molecule has 3 rings (SSSR count). The van der Waals surface area contributed by atoms with Crippen LogP contribution in [0.4, 0.5) is 21.9 Å². The Bertz CT molecular complexity index is 919. The van der Waals surface area contributed by atoms with Gasteiger partial charge in [0, 0.05) is 26.0 Å². The molecule has 1 saturated heterocycles. The van der Waals surface area contributed by atoms with Crippen molar-refractivity contribution in [1.82, 2.24) is 5.32 Å². The third-order valence-corrected chi connectivity index (χ3v) is 4.20. The van der Waals surface area contributed by atoms with Crippen LogP contribution in [0.5, 0.6) is 0 Å². The number of carbonyl (C=O) groups excluding carboxylic acids is 3. The van der Waals surface area contributed by atoms with Crippen LogP contribution in [0.1, 0.15) is 5.56 Å². The maximum absolute atomic E-state index is 12.8. The largest absolute Gasteiger partial charge is 0.378 e. The number of anilines is 2. The van der Waals surface area contributed by atoms with Gasteiger partial charge in [-0.15, -0.1) is 0 Å². The van der Waals surface area contributed by atoms with Gasteiger partial charge in [-0.3, -0.25) is 19.9 Å². The van der Waals surface area contributed by atoms with E-state index in [0.717, 1.165) is 16.2 Å². The fraction of sp³-hybridized carbons (Fsp3) is 0.200. The highest BCUT2D eigenvalue weighted by molar-refractivity contribution is 6.32. The molecule has 27 heavy (non-hydrogen) atoms. The van der Waals surface area contributed by atoms with Gasteiger partial charge in [0.1, 0.15) is 0 Å². The van der Waals surface area contributed by atoms with Crippen molar-refractivity contribution in [2.24, 2.45) is 10.9 Å². The van der Waals surface area contributed by atoms with Gasteiger partial charge in [0.05, 0.1) is 11.4 Å². The normalized spacial score (nSPS) is 17.4. The first-order valence-electron chi connectivity index (χ1n) is 8.44. The molecule has 0 radical (unpaired) electrons. The average Bonchev–Trinajstić information content (AvgIpc) is 2.61. The van der Waals surface area contributed by atoms with Gasteiger partial charge in [0.25, 0.3) is 5.91 Å². The minimum absolute atomic E-state index is 0.415. The first-order chi connectivity index (χ1) is 12.9. The number of imide groups is 2. The molecule has 0 bridgehead atoms. The SMILES string of the molecule is Cc1cccc(N2C(=O)NC(=O)[C@@H](C=Nc3ccc(N(C)C)cc3)C2=O)c1. The molecule has 0 unspecified atom stereocenters. The number of carbonyl (C=O) groups is 3. The highest BCUT2D eigenvalue weighted by atomic mass is 16.2. The zero-order valence-corrected chi connectivity index (χ0v) is 15.3. The number of nitrogens with zero attached hydrogens (tertiary/aromatic N) is 3. The summed E-state index contributed by atoms with van der Waals surface area (Å²) < 4.78 is 0. The minimum atomic E-state index is -1.17. The summed E-state index contributed by atoms with van der Waals surface area (Å²) in [7, 11) is 3.86. The van der Waals surface area contributed by atoms with Gasteiger partial charge in [-0.05, 0) is 48.9 Å². The van der Waals surface area contributed by atoms with E-state index in [2.05, 4.69) is 10.3 Å². The molecule has 1 heterocycles. The summed E-state index contributed by atoms with van der Waals surface area (Å²) in [5, 5.41) is 2.22. The Morgan fingerprint density at radius 3 is 2.41 bits per heavy atom. The van der Waals surface area contributed by atoms with E-state index in [1.807, 2.05) is 44.1 Å². The number of barbiturate groups is 1. The lowest BCUT2D eigenvalue weighted by atomic mass is 10.1. The van der Waals surface area contributed by atoms with Crippen LogP contribution in [0.2, 0.25) is 0 Å². The lowest BCUT2D eigenvalue weighted by molar-refractivity contribution is -0.131. The number of amides is 4. The number of rotatable bonds is 4. The molecule has 1 fully saturated rings. The Morgan fingerprint density at radius 2 is 1.78 bits per heavy atom. The molecule has 0 saturated carbocycles. The summed E-state index contributed by atoms with van der Waals surface area (Å²) in [6.45, 7) is 1.86. The maximum atomic E-state index is 12.8. The highest BCUT2D eigenvalue weighted by Gasteiger charge is 2.40. The standard InChI is InChI=1S/C20H20N4O3/c1-13-5-4-6-16(11-13)24-19(26)17(18(25)22-20(24)27)12-21-14-7-9-15(10-8-14)23(2)3/h4-12,17H,1-3H3,(H,22,25,27)/t17-/m1/s1. The predicted molar refractivity (Wildman–Crippen MR) is 105 cm³/mol. The Labute approximate surface area is 157 Å². The molecular formula is C20H20N4O3. The Balaban J connectivity index is 1.84. The first kappa shape index (κ1) is 18.3. The first-order valence-corrected chi connectivity index (χ1v) is 8.44. The maximum Gasteiger partial charge on any atom is 0.335 e. The number of aliphatic imine (C=N–C) groups is 1. The van der Waals surface area contributed by atoms with E-state index in [1.165, 1.54) is 6.21 Å². The van der Waals surface area contributed by atoms with E-state index in [1.54, 1.807) is 30.3 Å². The second kappa shape index (κ2) is 7.41. The number of hydrogen-bond acceptors (Lipinski definition) is 5.